The minimum Gasteiger partial charge on any atom is -0.459 e. The zero-order valence-electron chi connectivity index (χ0n) is 23.4. The van der Waals surface area contributed by atoms with Crippen molar-refractivity contribution in [3.63, 3.8) is 0 Å². The summed E-state index contributed by atoms with van der Waals surface area (Å²) in [6.07, 6.45) is 1.46. The highest BCUT2D eigenvalue weighted by Gasteiger charge is 2.44. The van der Waals surface area contributed by atoms with Crippen LogP contribution >= 0.6 is 11.6 Å². The highest BCUT2D eigenvalue weighted by Crippen LogP contribution is 2.41. The molecule has 12 heteroatoms. The molecule has 4 aromatic rings. The second-order valence-electron chi connectivity index (χ2n) is 10.5. The van der Waals surface area contributed by atoms with Crippen LogP contribution in [0.25, 0.3) is 11.0 Å². The lowest BCUT2D eigenvalue weighted by molar-refractivity contribution is -0.151. The quantitative estimate of drug-likeness (QED) is 0.151. The molecule has 43 heavy (non-hydrogen) atoms. The van der Waals surface area contributed by atoms with Crippen LogP contribution in [0.2, 0.25) is 5.28 Å². The van der Waals surface area contributed by atoms with E-state index in [0.717, 1.165) is 19.3 Å². The lowest BCUT2D eigenvalue weighted by Crippen LogP contribution is -2.34. The fraction of sp³-hybridized carbons (Fsp3) is 0.323. The largest absolute Gasteiger partial charge is 0.459 e. The molecule has 4 heterocycles. The summed E-state index contributed by atoms with van der Waals surface area (Å²) in [5.74, 6) is -0.840. The SMILES string of the molecule is C=C1[C@@H](OC(C)=O)[C@H](n2ncc3c(N4CCCCC4c4ccccc4F)nc(Cl)nc32)O[C@@H]1COC(=O)c1ccccc1. The summed E-state index contributed by atoms with van der Waals surface area (Å²) < 4.78 is 33.7. The van der Waals surface area contributed by atoms with E-state index in [4.69, 9.17) is 25.8 Å². The van der Waals surface area contributed by atoms with Crippen molar-refractivity contribution in [1.29, 1.82) is 0 Å². The molecule has 10 nitrogen and oxygen atoms in total. The van der Waals surface area contributed by atoms with Gasteiger partial charge in [0.1, 0.15) is 24.3 Å². The number of ether oxygens (including phenoxy) is 3. The number of hydrogen-bond donors (Lipinski definition) is 0. The highest BCUT2D eigenvalue weighted by atomic mass is 35.5. The first-order valence-electron chi connectivity index (χ1n) is 14.0. The Kier molecular flexibility index (Phi) is 8.09. The van der Waals surface area contributed by atoms with Gasteiger partial charge in [-0.05, 0) is 54.6 Å². The third-order valence-electron chi connectivity index (χ3n) is 7.70. The lowest BCUT2D eigenvalue weighted by atomic mass is 9.94. The molecule has 0 N–H and O–H groups in total. The molecule has 2 fully saturated rings. The first-order valence-corrected chi connectivity index (χ1v) is 14.3. The summed E-state index contributed by atoms with van der Waals surface area (Å²) in [7, 11) is 0. The van der Waals surface area contributed by atoms with E-state index in [2.05, 4.69) is 21.6 Å². The van der Waals surface area contributed by atoms with Gasteiger partial charge in [-0.15, -0.1) is 0 Å². The second kappa shape index (κ2) is 12.1. The Balaban J connectivity index is 1.33. The number of rotatable bonds is 7. The van der Waals surface area contributed by atoms with Gasteiger partial charge in [-0.3, -0.25) is 4.79 Å². The molecule has 0 aliphatic carbocycles. The van der Waals surface area contributed by atoms with Crippen molar-refractivity contribution in [3.05, 3.63) is 95.2 Å². The Labute approximate surface area is 252 Å². The van der Waals surface area contributed by atoms with E-state index in [0.29, 0.717) is 40.1 Å². The van der Waals surface area contributed by atoms with Crippen LogP contribution in [0.15, 0.2) is 72.9 Å². The molecule has 0 amide bonds. The van der Waals surface area contributed by atoms with Crippen LogP contribution in [0, 0.1) is 5.82 Å². The Hall–Kier alpha value is -4.35. The molecule has 2 aromatic carbocycles. The standard InChI is InChI=1S/C31H29ClFN5O5/c1-18-25(17-41-30(40)20-10-4-3-5-11-20)43-29(26(18)42-19(2)39)38-28-22(16-34-38)27(35-31(32)36-28)37-15-9-8-14-24(37)21-12-6-7-13-23(21)33/h3-7,10-13,16,24-26,29H,1,8-9,14-15,17H2,2H3/t24?,25-,26-,29-/m1/s1. The molecule has 0 bridgehead atoms. The molecule has 0 radical (unpaired) electrons. The van der Waals surface area contributed by atoms with Gasteiger partial charge in [0.15, 0.2) is 18.0 Å². The summed E-state index contributed by atoms with van der Waals surface area (Å²) in [6, 6.07) is 15.0. The summed E-state index contributed by atoms with van der Waals surface area (Å²) in [5.41, 5.74) is 1.71. The third kappa shape index (κ3) is 5.70. The van der Waals surface area contributed by atoms with Crippen LogP contribution in [0.1, 0.15) is 54.4 Å². The Morgan fingerprint density at radius 3 is 2.65 bits per heavy atom. The molecular weight excluding hydrogens is 577 g/mol. The van der Waals surface area contributed by atoms with Crippen molar-refractivity contribution in [3.8, 4) is 0 Å². The van der Waals surface area contributed by atoms with Gasteiger partial charge in [-0.2, -0.15) is 15.1 Å². The third-order valence-corrected chi connectivity index (χ3v) is 7.87. The van der Waals surface area contributed by atoms with Crippen molar-refractivity contribution in [2.75, 3.05) is 18.1 Å². The number of carbonyl (C=O) groups excluding carboxylic acids is 2. The van der Waals surface area contributed by atoms with Gasteiger partial charge in [0.25, 0.3) is 0 Å². The number of carbonyl (C=O) groups is 2. The van der Waals surface area contributed by atoms with E-state index in [9.17, 15) is 14.0 Å². The van der Waals surface area contributed by atoms with E-state index >= 15 is 0 Å². The molecule has 2 saturated heterocycles. The minimum absolute atomic E-state index is 0.0312. The predicted molar refractivity (Wildman–Crippen MR) is 156 cm³/mol. The van der Waals surface area contributed by atoms with E-state index < -0.39 is 30.4 Å². The summed E-state index contributed by atoms with van der Waals surface area (Å²) in [5, 5.41) is 5.09. The topological polar surface area (TPSA) is 109 Å². The van der Waals surface area contributed by atoms with Gasteiger partial charge in [0.2, 0.25) is 5.28 Å². The van der Waals surface area contributed by atoms with Crippen LogP contribution in [0.5, 0.6) is 0 Å². The van der Waals surface area contributed by atoms with Crippen LogP contribution in [0.4, 0.5) is 10.2 Å². The summed E-state index contributed by atoms with van der Waals surface area (Å²) in [4.78, 5) is 35.7. The van der Waals surface area contributed by atoms with Crippen LogP contribution in [0.3, 0.4) is 0 Å². The maximum Gasteiger partial charge on any atom is 0.338 e. The van der Waals surface area contributed by atoms with Crippen molar-refractivity contribution in [2.45, 2.75) is 50.7 Å². The van der Waals surface area contributed by atoms with Crippen molar-refractivity contribution < 1.29 is 28.2 Å². The molecule has 222 valence electrons. The average Bonchev–Trinajstić information content (AvgIpc) is 3.56. The number of fused-ring (bicyclic) bond motifs is 1. The molecule has 2 aromatic heterocycles. The van der Waals surface area contributed by atoms with Crippen molar-refractivity contribution >= 4 is 40.4 Å². The fourth-order valence-electron chi connectivity index (χ4n) is 5.69. The number of anilines is 1. The van der Waals surface area contributed by atoms with Gasteiger partial charge >= 0.3 is 11.9 Å². The predicted octanol–water partition coefficient (Wildman–Crippen LogP) is 5.59. The second-order valence-corrected chi connectivity index (χ2v) is 10.8. The van der Waals surface area contributed by atoms with E-state index in [-0.39, 0.29) is 23.7 Å². The van der Waals surface area contributed by atoms with Gasteiger partial charge < -0.3 is 19.1 Å². The number of aromatic nitrogens is 4. The molecule has 0 saturated carbocycles. The van der Waals surface area contributed by atoms with E-state index in [1.807, 2.05) is 11.0 Å². The summed E-state index contributed by atoms with van der Waals surface area (Å²) in [6.45, 7) is 5.85. The van der Waals surface area contributed by atoms with Crippen molar-refractivity contribution in [1.82, 2.24) is 19.7 Å². The highest BCUT2D eigenvalue weighted by molar-refractivity contribution is 6.28. The zero-order valence-corrected chi connectivity index (χ0v) is 24.1. The molecule has 2 aliphatic rings. The smallest absolute Gasteiger partial charge is 0.338 e. The molecule has 1 unspecified atom stereocenters. The van der Waals surface area contributed by atoms with Gasteiger partial charge in [0, 0.05) is 19.0 Å². The van der Waals surface area contributed by atoms with E-state index in [1.165, 1.54) is 17.7 Å². The van der Waals surface area contributed by atoms with E-state index in [1.54, 1.807) is 48.7 Å². The maximum atomic E-state index is 14.9. The molecular formula is C31H29ClFN5O5. The average molecular weight is 606 g/mol. The minimum atomic E-state index is -0.975. The number of halogens is 2. The van der Waals surface area contributed by atoms with Gasteiger partial charge in [-0.1, -0.05) is 43.0 Å². The summed E-state index contributed by atoms with van der Waals surface area (Å²) >= 11 is 6.46. The van der Waals surface area contributed by atoms with Crippen LogP contribution < -0.4 is 4.90 Å². The zero-order chi connectivity index (χ0) is 30.1. The first kappa shape index (κ1) is 28.8. The molecule has 6 rings (SSSR count). The number of benzene rings is 2. The number of hydrogen-bond acceptors (Lipinski definition) is 9. The Morgan fingerprint density at radius 2 is 1.88 bits per heavy atom. The fourth-order valence-corrected chi connectivity index (χ4v) is 5.85. The molecule has 0 spiro atoms. The Bertz CT molecular complexity index is 1680. The Morgan fingerprint density at radius 1 is 1.12 bits per heavy atom. The normalized spacial score (nSPS) is 22.1. The van der Waals surface area contributed by atoms with Gasteiger partial charge in [-0.25, -0.2) is 13.9 Å². The maximum absolute atomic E-state index is 14.9. The number of esters is 2. The van der Waals surface area contributed by atoms with Crippen molar-refractivity contribution in [2.24, 2.45) is 0 Å². The van der Waals surface area contributed by atoms with Crippen LogP contribution in [-0.2, 0) is 19.0 Å². The monoisotopic (exact) mass is 605 g/mol. The van der Waals surface area contributed by atoms with Gasteiger partial charge in [0.05, 0.1) is 23.2 Å². The molecule has 2 aliphatic heterocycles. The number of nitrogens with zero attached hydrogens (tertiary/aromatic N) is 5. The lowest BCUT2D eigenvalue weighted by Gasteiger charge is -2.37. The first-order chi connectivity index (χ1) is 20.8. The van der Waals surface area contributed by atoms with Crippen LogP contribution in [-0.4, -0.2) is 57.0 Å². The molecule has 4 atom stereocenters. The number of piperidine rings is 1.